The van der Waals surface area contributed by atoms with Crippen molar-refractivity contribution in [2.75, 3.05) is 54.4 Å². The van der Waals surface area contributed by atoms with Gasteiger partial charge in [-0.2, -0.15) is 0 Å². The van der Waals surface area contributed by atoms with Gasteiger partial charge in [0, 0.05) is 25.9 Å². The standard InChI is InChI=1S/2C23H48N2O.2ClH/c2*1-4-5-6-7-8-9-10-11-12-13-14-15-16-17-18-20-23(26)24-21-19-22-25(2)3;;/h2*4-22H2,1-3H3,(H,24,26);2*1H. The highest BCUT2D eigenvalue weighted by Gasteiger charge is 2.02. The molecule has 0 unspecified atom stereocenters. The van der Waals surface area contributed by atoms with Gasteiger partial charge in [0.1, 0.15) is 0 Å². The molecule has 328 valence electrons. The first-order valence-electron chi connectivity index (χ1n) is 23.2. The highest BCUT2D eigenvalue weighted by molar-refractivity contribution is 5.85. The van der Waals surface area contributed by atoms with Crippen LogP contribution in [0.3, 0.4) is 0 Å². The van der Waals surface area contributed by atoms with Gasteiger partial charge in [-0.25, -0.2) is 0 Å². The summed E-state index contributed by atoms with van der Waals surface area (Å²) < 4.78 is 0. The predicted molar refractivity (Wildman–Crippen MR) is 246 cm³/mol. The average molecular weight is 810 g/mol. The number of unbranched alkanes of at least 4 members (excludes halogenated alkanes) is 28. The molecule has 0 aliphatic rings. The van der Waals surface area contributed by atoms with Crippen LogP contribution in [0.2, 0.25) is 0 Å². The minimum atomic E-state index is 0. The van der Waals surface area contributed by atoms with Crippen LogP contribution < -0.4 is 10.6 Å². The molecule has 0 aromatic heterocycles. The summed E-state index contributed by atoms with van der Waals surface area (Å²) in [6.45, 7) is 8.28. The number of amides is 2. The number of hydrogen-bond donors (Lipinski definition) is 2. The van der Waals surface area contributed by atoms with Gasteiger partial charge in [0.25, 0.3) is 0 Å². The normalized spacial score (nSPS) is 10.8. The zero-order valence-corrected chi connectivity index (χ0v) is 39.0. The molecule has 0 atom stereocenters. The quantitative estimate of drug-likeness (QED) is 0.0605. The van der Waals surface area contributed by atoms with Gasteiger partial charge in [-0.3, -0.25) is 9.59 Å². The Labute approximate surface area is 351 Å². The molecule has 54 heavy (non-hydrogen) atoms. The van der Waals surface area contributed by atoms with Crippen molar-refractivity contribution >= 4 is 36.6 Å². The van der Waals surface area contributed by atoms with E-state index < -0.39 is 0 Å². The molecule has 0 saturated carbocycles. The summed E-state index contributed by atoms with van der Waals surface area (Å²) >= 11 is 0. The van der Waals surface area contributed by atoms with Gasteiger partial charge in [-0.1, -0.05) is 194 Å². The van der Waals surface area contributed by atoms with Crippen LogP contribution in [0.15, 0.2) is 0 Å². The lowest BCUT2D eigenvalue weighted by atomic mass is 10.0. The molecule has 0 saturated heterocycles. The number of nitrogens with zero attached hydrogens (tertiary/aromatic N) is 2. The van der Waals surface area contributed by atoms with Crippen molar-refractivity contribution in [1.82, 2.24) is 20.4 Å². The third-order valence-electron chi connectivity index (χ3n) is 10.2. The monoisotopic (exact) mass is 809 g/mol. The van der Waals surface area contributed by atoms with Gasteiger partial charge < -0.3 is 20.4 Å². The maximum Gasteiger partial charge on any atom is 0.219 e. The summed E-state index contributed by atoms with van der Waals surface area (Å²) in [5, 5.41) is 6.04. The molecular weight excluding hydrogens is 711 g/mol. The molecular formula is C46H98Cl2N4O2. The van der Waals surface area contributed by atoms with Gasteiger partial charge in [0.2, 0.25) is 11.8 Å². The van der Waals surface area contributed by atoms with E-state index in [-0.39, 0.29) is 36.6 Å². The van der Waals surface area contributed by atoms with Gasteiger partial charge in [-0.15, -0.1) is 24.8 Å². The van der Waals surface area contributed by atoms with E-state index in [4.69, 9.17) is 0 Å². The third-order valence-corrected chi connectivity index (χ3v) is 10.2. The van der Waals surface area contributed by atoms with Crippen LogP contribution in [0.25, 0.3) is 0 Å². The minimum Gasteiger partial charge on any atom is -0.356 e. The zero-order valence-electron chi connectivity index (χ0n) is 37.4. The van der Waals surface area contributed by atoms with E-state index in [1.165, 1.54) is 180 Å². The molecule has 0 aromatic carbocycles. The first-order chi connectivity index (χ1) is 25.3. The Morgan fingerprint density at radius 2 is 0.537 bits per heavy atom. The number of halogens is 2. The first-order valence-corrected chi connectivity index (χ1v) is 23.2. The lowest BCUT2D eigenvalue weighted by molar-refractivity contribution is -0.122. The lowest BCUT2D eigenvalue weighted by Crippen LogP contribution is -2.26. The minimum absolute atomic E-state index is 0. The van der Waals surface area contributed by atoms with Crippen molar-refractivity contribution in [3.05, 3.63) is 0 Å². The molecule has 8 heteroatoms. The molecule has 6 nitrogen and oxygen atoms in total. The number of hydrogen-bond acceptors (Lipinski definition) is 4. The van der Waals surface area contributed by atoms with Gasteiger partial charge in [-0.05, 0) is 67.0 Å². The predicted octanol–water partition coefficient (Wildman–Crippen LogP) is 13.5. The van der Waals surface area contributed by atoms with E-state index in [1.807, 2.05) is 0 Å². The third kappa shape index (κ3) is 58.2. The van der Waals surface area contributed by atoms with Crippen molar-refractivity contribution < 1.29 is 9.59 Å². The number of carbonyl (C=O) groups is 2. The largest absolute Gasteiger partial charge is 0.356 e. The second kappa shape index (κ2) is 52.4. The Morgan fingerprint density at radius 1 is 0.333 bits per heavy atom. The van der Waals surface area contributed by atoms with Crippen LogP contribution in [0, 0.1) is 0 Å². The van der Waals surface area contributed by atoms with E-state index in [0.29, 0.717) is 12.8 Å². The van der Waals surface area contributed by atoms with E-state index in [0.717, 1.165) is 51.9 Å². The second-order valence-corrected chi connectivity index (χ2v) is 16.4. The van der Waals surface area contributed by atoms with Crippen LogP contribution >= 0.6 is 24.8 Å². The number of carbonyl (C=O) groups excluding carboxylic acids is 2. The molecule has 2 N–H and O–H groups in total. The fourth-order valence-corrected chi connectivity index (χ4v) is 6.74. The molecule has 0 aliphatic heterocycles. The van der Waals surface area contributed by atoms with Crippen molar-refractivity contribution in [2.24, 2.45) is 0 Å². The van der Waals surface area contributed by atoms with Crippen molar-refractivity contribution in [3.63, 3.8) is 0 Å². The van der Waals surface area contributed by atoms with Crippen molar-refractivity contribution in [2.45, 2.75) is 232 Å². The highest BCUT2D eigenvalue weighted by Crippen LogP contribution is 2.15. The summed E-state index contributed by atoms with van der Waals surface area (Å²) in [4.78, 5) is 27.7. The van der Waals surface area contributed by atoms with Crippen LogP contribution in [0.1, 0.15) is 232 Å². The van der Waals surface area contributed by atoms with E-state index in [1.54, 1.807) is 0 Å². The maximum absolute atomic E-state index is 11.7. The van der Waals surface area contributed by atoms with E-state index >= 15 is 0 Å². The smallest absolute Gasteiger partial charge is 0.219 e. The molecule has 0 bridgehead atoms. The zero-order chi connectivity index (χ0) is 38.6. The molecule has 2 amide bonds. The molecule has 0 spiro atoms. The summed E-state index contributed by atoms with van der Waals surface area (Å²) in [5.74, 6) is 0.469. The highest BCUT2D eigenvalue weighted by atomic mass is 35.5. The molecule has 0 rings (SSSR count). The SMILES string of the molecule is CCCCCCCCCCCCCCCCCC(=O)NCCCN(C)C.CCCCCCCCCCCCCCCCCC(=O)NCCCN(C)C.Cl.Cl. The average Bonchev–Trinajstić information content (AvgIpc) is 3.12. The molecule has 0 fully saturated rings. The van der Waals surface area contributed by atoms with Gasteiger partial charge >= 0.3 is 0 Å². The fourth-order valence-electron chi connectivity index (χ4n) is 6.74. The molecule has 0 heterocycles. The number of rotatable bonds is 40. The second-order valence-electron chi connectivity index (χ2n) is 16.4. The Hall–Kier alpha value is -0.560. The van der Waals surface area contributed by atoms with Gasteiger partial charge in [0.15, 0.2) is 0 Å². The van der Waals surface area contributed by atoms with Crippen LogP contribution in [0.4, 0.5) is 0 Å². The molecule has 0 aliphatic carbocycles. The van der Waals surface area contributed by atoms with Crippen LogP contribution in [-0.4, -0.2) is 76.0 Å². The van der Waals surface area contributed by atoms with Crippen LogP contribution in [-0.2, 0) is 9.59 Å². The molecule has 0 radical (unpaired) electrons. The summed E-state index contributed by atoms with van der Waals surface area (Å²) in [7, 11) is 8.27. The topological polar surface area (TPSA) is 64.7 Å². The summed E-state index contributed by atoms with van der Waals surface area (Å²) in [6.07, 6.45) is 44.6. The van der Waals surface area contributed by atoms with Crippen molar-refractivity contribution in [1.29, 1.82) is 0 Å². The molecule has 0 aromatic rings. The lowest BCUT2D eigenvalue weighted by Gasteiger charge is -2.09. The van der Waals surface area contributed by atoms with Crippen LogP contribution in [0.5, 0.6) is 0 Å². The van der Waals surface area contributed by atoms with E-state index in [2.05, 4.69) is 62.5 Å². The Kier molecular flexibility index (Phi) is 58.4. The maximum atomic E-state index is 11.7. The fraction of sp³-hybridized carbons (Fsp3) is 0.957. The Balaban J connectivity index is -0.000000446. The Morgan fingerprint density at radius 3 is 0.741 bits per heavy atom. The first kappa shape index (κ1) is 60.1. The van der Waals surface area contributed by atoms with Crippen molar-refractivity contribution in [3.8, 4) is 0 Å². The van der Waals surface area contributed by atoms with E-state index in [9.17, 15) is 9.59 Å². The summed E-state index contributed by atoms with van der Waals surface area (Å²) in [5.41, 5.74) is 0. The summed E-state index contributed by atoms with van der Waals surface area (Å²) in [6, 6.07) is 0. The van der Waals surface area contributed by atoms with Gasteiger partial charge in [0.05, 0.1) is 0 Å². The Bertz CT molecular complexity index is 654. The number of nitrogens with one attached hydrogen (secondary N) is 2.